The van der Waals surface area contributed by atoms with E-state index in [0.717, 1.165) is 27.2 Å². The van der Waals surface area contributed by atoms with Gasteiger partial charge in [0, 0.05) is 28.2 Å². The largest absolute Gasteiger partial charge is 0.507 e. The maximum Gasteiger partial charge on any atom is 0.269 e. The van der Waals surface area contributed by atoms with E-state index in [2.05, 4.69) is 25.8 Å². The summed E-state index contributed by atoms with van der Waals surface area (Å²) in [5.41, 5.74) is 4.12. The molecule has 4 rings (SSSR count). The van der Waals surface area contributed by atoms with Crippen LogP contribution in [0.5, 0.6) is 5.75 Å². The highest BCUT2D eigenvalue weighted by Gasteiger charge is 2.30. The van der Waals surface area contributed by atoms with Crippen LogP contribution in [0.15, 0.2) is 60.5 Å². The van der Waals surface area contributed by atoms with E-state index in [-0.39, 0.29) is 5.69 Å². The lowest BCUT2D eigenvalue weighted by molar-refractivity contribution is -0.384. The molecule has 2 aliphatic rings. The Hall–Kier alpha value is -2.53. The van der Waals surface area contributed by atoms with Gasteiger partial charge in [0.1, 0.15) is 5.75 Å². The molecule has 2 saturated carbocycles. The third kappa shape index (κ3) is 4.80. The number of aromatic hydroxyl groups is 1. The van der Waals surface area contributed by atoms with Crippen LogP contribution in [0.2, 0.25) is 0 Å². The van der Waals surface area contributed by atoms with Crippen molar-refractivity contribution in [3.63, 3.8) is 0 Å². The zero-order valence-corrected chi connectivity index (χ0v) is 16.0. The minimum atomic E-state index is -0.437. The van der Waals surface area contributed by atoms with Gasteiger partial charge in [-0.2, -0.15) is 0 Å². The van der Waals surface area contributed by atoms with Crippen molar-refractivity contribution in [1.82, 2.24) is 0 Å². The molecule has 140 valence electrons. The van der Waals surface area contributed by atoms with Crippen molar-refractivity contribution in [1.29, 1.82) is 0 Å². The maximum absolute atomic E-state index is 10.4. The van der Waals surface area contributed by atoms with Crippen molar-refractivity contribution in [2.45, 2.75) is 30.6 Å². The smallest absolute Gasteiger partial charge is 0.269 e. The van der Waals surface area contributed by atoms with Crippen LogP contribution in [-0.4, -0.2) is 10.0 Å². The van der Waals surface area contributed by atoms with Crippen molar-refractivity contribution in [3.8, 4) is 5.75 Å². The molecule has 5 heteroatoms. The number of nitro groups is 1. The summed E-state index contributed by atoms with van der Waals surface area (Å²) >= 11 is 3.98. The molecule has 0 amide bonds. The predicted octanol–water partition coefficient (Wildman–Crippen LogP) is 6.12. The summed E-state index contributed by atoms with van der Waals surface area (Å²) in [6.45, 7) is 8.24. The average molecular weight is 381 g/mol. The molecule has 2 aliphatic carbocycles. The Bertz CT molecular complexity index is 839. The number of rotatable bonds is 5. The fourth-order valence-electron chi connectivity index (χ4n) is 2.94. The Balaban J connectivity index is 0.000000180. The summed E-state index contributed by atoms with van der Waals surface area (Å²) in [5, 5.41) is 20.5. The summed E-state index contributed by atoms with van der Waals surface area (Å²) in [6, 6.07) is 12.0. The molecule has 1 N–H and O–H groups in total. The maximum atomic E-state index is 10.4. The van der Waals surface area contributed by atoms with E-state index >= 15 is 0 Å². The number of hydrogen-bond acceptors (Lipinski definition) is 4. The topological polar surface area (TPSA) is 63.4 Å². The van der Waals surface area contributed by atoms with Crippen LogP contribution in [-0.2, 0) is 0 Å². The van der Waals surface area contributed by atoms with E-state index in [4.69, 9.17) is 0 Å². The number of phenolic OH excluding ortho intramolecular Hbond substituents is 1. The van der Waals surface area contributed by atoms with Crippen LogP contribution in [0.3, 0.4) is 0 Å². The van der Waals surface area contributed by atoms with Gasteiger partial charge in [-0.3, -0.25) is 10.1 Å². The number of non-ortho nitro benzene ring substituents is 1. The van der Waals surface area contributed by atoms with E-state index in [0.29, 0.717) is 17.6 Å². The lowest BCUT2D eigenvalue weighted by atomic mass is 9.95. The number of hydrogen-bond donors (Lipinski definition) is 2. The first-order chi connectivity index (χ1) is 12.9. The number of phenols is 1. The molecular weight excluding hydrogens is 358 g/mol. The van der Waals surface area contributed by atoms with Gasteiger partial charge in [-0.05, 0) is 60.8 Å². The van der Waals surface area contributed by atoms with Gasteiger partial charge in [-0.15, -0.1) is 12.6 Å². The van der Waals surface area contributed by atoms with Crippen LogP contribution in [0.1, 0.15) is 36.8 Å². The van der Waals surface area contributed by atoms with Gasteiger partial charge in [0.2, 0.25) is 0 Å². The van der Waals surface area contributed by atoms with Gasteiger partial charge >= 0.3 is 0 Å². The second-order valence-electron chi connectivity index (χ2n) is 7.07. The summed E-state index contributed by atoms with van der Waals surface area (Å²) in [4.78, 5) is 10.4. The van der Waals surface area contributed by atoms with Crippen molar-refractivity contribution >= 4 is 29.5 Å². The number of nitro benzene ring substituents is 1. The molecule has 27 heavy (non-hydrogen) atoms. The molecule has 2 aromatic carbocycles. The quantitative estimate of drug-likeness (QED) is 0.372. The third-order valence-corrected chi connectivity index (χ3v) is 5.23. The zero-order valence-electron chi connectivity index (χ0n) is 15.1. The first kappa shape index (κ1) is 19.2. The molecule has 0 spiro atoms. The highest BCUT2D eigenvalue weighted by Crippen LogP contribution is 2.47. The zero-order chi connectivity index (χ0) is 19.6. The minimum Gasteiger partial charge on any atom is -0.507 e. The van der Waals surface area contributed by atoms with Crippen molar-refractivity contribution < 1.29 is 10.0 Å². The van der Waals surface area contributed by atoms with Crippen molar-refractivity contribution in [3.05, 3.63) is 76.9 Å². The van der Waals surface area contributed by atoms with E-state index in [1.807, 2.05) is 18.2 Å². The highest BCUT2D eigenvalue weighted by atomic mass is 32.1. The molecule has 2 fully saturated rings. The molecular formula is C22H23NO3S. The van der Waals surface area contributed by atoms with Gasteiger partial charge in [0.15, 0.2) is 0 Å². The number of benzene rings is 2. The third-order valence-electron chi connectivity index (χ3n) is 4.93. The fourth-order valence-corrected chi connectivity index (χ4v) is 3.09. The summed E-state index contributed by atoms with van der Waals surface area (Å²) in [5.74, 6) is 1.57. The Morgan fingerprint density at radius 1 is 0.963 bits per heavy atom. The Morgan fingerprint density at radius 3 is 1.78 bits per heavy atom. The SMILES string of the molecule is C=C(c1cccc(C(=C)C2CC2)c1O)C1CC1.O=[N+]([O-])c1ccc(S)cc1. The number of thiol groups is 1. The van der Waals surface area contributed by atoms with Crippen LogP contribution in [0, 0.1) is 22.0 Å². The highest BCUT2D eigenvalue weighted by molar-refractivity contribution is 7.80. The normalized spacial score (nSPS) is 15.4. The molecule has 0 atom stereocenters. The predicted molar refractivity (Wildman–Crippen MR) is 112 cm³/mol. The first-order valence-electron chi connectivity index (χ1n) is 9.02. The number of para-hydroxylation sites is 1. The van der Waals surface area contributed by atoms with Crippen LogP contribution < -0.4 is 0 Å². The Labute approximate surface area is 164 Å². The fraction of sp³-hybridized carbons (Fsp3) is 0.273. The summed E-state index contributed by atoms with van der Waals surface area (Å²) in [7, 11) is 0. The number of nitrogens with zero attached hydrogens (tertiary/aromatic N) is 1. The van der Waals surface area contributed by atoms with Crippen LogP contribution in [0.25, 0.3) is 11.1 Å². The van der Waals surface area contributed by atoms with E-state index < -0.39 is 4.92 Å². The second-order valence-corrected chi connectivity index (χ2v) is 7.59. The number of allylic oxidation sites excluding steroid dienone is 2. The standard InChI is InChI=1S/C16H18O.C6H5NO2S/c1-10(12-6-7-12)14-4-3-5-15(16(14)17)11(2)13-8-9-13;8-7(9)5-1-3-6(10)4-2-5/h3-5,12-13,17H,1-2,6-9H2;1-4,10H. The van der Waals surface area contributed by atoms with E-state index in [1.165, 1.54) is 37.8 Å². The Kier molecular flexibility index (Phi) is 5.71. The van der Waals surface area contributed by atoms with Crippen LogP contribution in [0.4, 0.5) is 5.69 Å². The van der Waals surface area contributed by atoms with Gasteiger partial charge in [0.05, 0.1) is 4.92 Å². The first-order valence-corrected chi connectivity index (χ1v) is 9.47. The van der Waals surface area contributed by atoms with Gasteiger partial charge in [-0.25, -0.2) is 0 Å². The molecule has 0 unspecified atom stereocenters. The van der Waals surface area contributed by atoms with Crippen molar-refractivity contribution in [2.24, 2.45) is 11.8 Å². The van der Waals surface area contributed by atoms with Gasteiger partial charge in [-0.1, -0.05) is 31.4 Å². The molecule has 0 aliphatic heterocycles. The molecule has 0 heterocycles. The molecule has 0 bridgehead atoms. The monoisotopic (exact) mass is 381 g/mol. The van der Waals surface area contributed by atoms with Crippen molar-refractivity contribution in [2.75, 3.05) is 0 Å². The molecule has 0 saturated heterocycles. The minimum absolute atomic E-state index is 0.0952. The van der Waals surface area contributed by atoms with Gasteiger partial charge < -0.3 is 5.11 Å². The molecule has 2 aromatic rings. The summed E-state index contributed by atoms with van der Waals surface area (Å²) < 4.78 is 0. The molecule has 0 radical (unpaired) electrons. The van der Waals surface area contributed by atoms with E-state index in [1.54, 1.807) is 12.1 Å². The molecule has 0 aromatic heterocycles. The second kappa shape index (κ2) is 8.01. The average Bonchev–Trinajstić information content (AvgIpc) is 3.55. The Morgan fingerprint density at radius 2 is 1.41 bits per heavy atom. The van der Waals surface area contributed by atoms with Crippen LogP contribution >= 0.6 is 12.6 Å². The lowest BCUT2D eigenvalue weighted by Gasteiger charge is -2.12. The molecule has 4 nitrogen and oxygen atoms in total. The van der Waals surface area contributed by atoms with Gasteiger partial charge in [0.25, 0.3) is 5.69 Å². The summed E-state index contributed by atoms with van der Waals surface area (Å²) in [6.07, 6.45) is 4.86. The van der Waals surface area contributed by atoms with E-state index in [9.17, 15) is 15.2 Å². The lowest BCUT2D eigenvalue weighted by Crippen LogP contribution is -1.92.